The zero-order valence-corrected chi connectivity index (χ0v) is 9.56. The predicted octanol–water partition coefficient (Wildman–Crippen LogP) is 1.92. The van der Waals surface area contributed by atoms with Crippen molar-refractivity contribution in [1.29, 1.82) is 0 Å². The first kappa shape index (κ1) is 11.3. The van der Waals surface area contributed by atoms with E-state index in [2.05, 4.69) is 9.88 Å². The van der Waals surface area contributed by atoms with Gasteiger partial charge in [-0.15, -0.1) is 0 Å². The van der Waals surface area contributed by atoms with E-state index in [1.54, 1.807) is 6.07 Å². The van der Waals surface area contributed by atoms with Crippen LogP contribution in [0.2, 0.25) is 0 Å². The van der Waals surface area contributed by atoms with Gasteiger partial charge in [-0.2, -0.15) is 0 Å². The zero-order chi connectivity index (χ0) is 11.2. The van der Waals surface area contributed by atoms with E-state index in [0.29, 0.717) is 5.69 Å². The number of carbonyl (C=O) groups is 1. The molecule has 0 aliphatic carbocycles. The Morgan fingerprint density at radius 3 is 2.88 bits per heavy atom. The van der Waals surface area contributed by atoms with Gasteiger partial charge in [0.15, 0.2) is 6.29 Å². The summed E-state index contributed by atoms with van der Waals surface area (Å²) in [5.74, 6) is 0. The fourth-order valence-electron chi connectivity index (χ4n) is 2.19. The fourth-order valence-corrected chi connectivity index (χ4v) is 2.19. The minimum absolute atomic E-state index is 0.540. The van der Waals surface area contributed by atoms with Crippen molar-refractivity contribution >= 4 is 6.29 Å². The van der Waals surface area contributed by atoms with E-state index in [1.807, 2.05) is 12.1 Å². The van der Waals surface area contributed by atoms with Gasteiger partial charge in [0, 0.05) is 5.69 Å². The highest BCUT2D eigenvalue weighted by Gasteiger charge is 2.10. The van der Waals surface area contributed by atoms with Crippen molar-refractivity contribution in [2.75, 3.05) is 19.6 Å². The molecule has 3 heteroatoms. The zero-order valence-electron chi connectivity index (χ0n) is 9.56. The molecule has 86 valence electrons. The van der Waals surface area contributed by atoms with Crippen molar-refractivity contribution in [3.05, 3.63) is 29.6 Å². The number of carbonyl (C=O) groups excluding carboxylic acids is 1. The van der Waals surface area contributed by atoms with Crippen molar-refractivity contribution in [2.24, 2.45) is 0 Å². The van der Waals surface area contributed by atoms with Crippen molar-refractivity contribution in [3.63, 3.8) is 0 Å². The molecule has 0 N–H and O–H groups in total. The summed E-state index contributed by atoms with van der Waals surface area (Å²) in [6.45, 7) is 3.66. The molecular formula is C13H18N2O. The van der Waals surface area contributed by atoms with Gasteiger partial charge in [0.25, 0.3) is 0 Å². The summed E-state index contributed by atoms with van der Waals surface area (Å²) in [6.07, 6.45) is 5.61. The molecule has 0 amide bonds. The minimum Gasteiger partial charge on any atom is -0.303 e. The predicted molar refractivity (Wildman–Crippen MR) is 63.6 cm³/mol. The first-order valence-electron chi connectivity index (χ1n) is 6.02. The number of likely N-dealkylation sites (tertiary alicyclic amines) is 1. The van der Waals surface area contributed by atoms with Crippen LogP contribution in [0.15, 0.2) is 18.2 Å². The van der Waals surface area contributed by atoms with Gasteiger partial charge in [0.2, 0.25) is 0 Å². The second-order valence-electron chi connectivity index (χ2n) is 4.32. The smallest absolute Gasteiger partial charge is 0.168 e. The number of rotatable bonds is 5. The SMILES string of the molecule is O=Cc1cccc(CCCN2CCCC2)n1. The van der Waals surface area contributed by atoms with Gasteiger partial charge in [0.05, 0.1) is 0 Å². The molecule has 0 atom stereocenters. The Balaban J connectivity index is 1.77. The summed E-state index contributed by atoms with van der Waals surface area (Å²) in [6, 6.07) is 5.65. The van der Waals surface area contributed by atoms with Gasteiger partial charge in [0.1, 0.15) is 5.69 Å². The van der Waals surface area contributed by atoms with Gasteiger partial charge >= 0.3 is 0 Å². The van der Waals surface area contributed by atoms with Crippen LogP contribution in [0, 0.1) is 0 Å². The molecule has 1 aliphatic heterocycles. The van der Waals surface area contributed by atoms with E-state index in [4.69, 9.17) is 0 Å². The van der Waals surface area contributed by atoms with E-state index in [9.17, 15) is 4.79 Å². The number of nitrogens with zero attached hydrogens (tertiary/aromatic N) is 2. The normalized spacial score (nSPS) is 16.5. The first-order chi connectivity index (χ1) is 7.88. The van der Waals surface area contributed by atoms with E-state index >= 15 is 0 Å². The van der Waals surface area contributed by atoms with Crippen molar-refractivity contribution < 1.29 is 4.79 Å². The molecule has 0 saturated carbocycles. The molecule has 0 radical (unpaired) electrons. The molecule has 2 heterocycles. The summed E-state index contributed by atoms with van der Waals surface area (Å²) in [5.41, 5.74) is 1.57. The molecule has 2 rings (SSSR count). The molecule has 1 fully saturated rings. The van der Waals surface area contributed by atoms with Gasteiger partial charge in [-0.05, 0) is 57.5 Å². The Hall–Kier alpha value is -1.22. The Morgan fingerprint density at radius 1 is 1.31 bits per heavy atom. The summed E-state index contributed by atoms with van der Waals surface area (Å²) in [7, 11) is 0. The van der Waals surface area contributed by atoms with Crippen LogP contribution in [0.1, 0.15) is 35.4 Å². The average Bonchev–Trinajstić information content (AvgIpc) is 2.82. The molecule has 1 aliphatic rings. The highest BCUT2D eigenvalue weighted by Crippen LogP contribution is 2.09. The summed E-state index contributed by atoms with van der Waals surface area (Å²) in [5, 5.41) is 0. The van der Waals surface area contributed by atoms with Gasteiger partial charge in [-0.3, -0.25) is 9.78 Å². The van der Waals surface area contributed by atoms with Crippen LogP contribution >= 0.6 is 0 Å². The van der Waals surface area contributed by atoms with Crippen LogP contribution in [0.25, 0.3) is 0 Å². The molecular weight excluding hydrogens is 200 g/mol. The highest BCUT2D eigenvalue weighted by atomic mass is 16.1. The lowest BCUT2D eigenvalue weighted by molar-refractivity contribution is 0.111. The standard InChI is InChI=1S/C13H18N2O/c16-11-13-6-3-5-12(14-13)7-4-10-15-8-1-2-9-15/h3,5-6,11H,1-2,4,7-10H2. The Bertz CT molecular complexity index is 346. The monoisotopic (exact) mass is 218 g/mol. The van der Waals surface area contributed by atoms with Gasteiger partial charge in [-0.1, -0.05) is 6.07 Å². The number of aryl methyl sites for hydroxylation is 1. The van der Waals surface area contributed by atoms with Gasteiger partial charge < -0.3 is 4.90 Å². The van der Waals surface area contributed by atoms with E-state index in [0.717, 1.165) is 31.4 Å². The molecule has 0 unspecified atom stereocenters. The maximum atomic E-state index is 10.6. The first-order valence-corrected chi connectivity index (χ1v) is 6.02. The molecule has 3 nitrogen and oxygen atoms in total. The summed E-state index contributed by atoms with van der Waals surface area (Å²) >= 11 is 0. The number of aldehydes is 1. The summed E-state index contributed by atoms with van der Waals surface area (Å²) in [4.78, 5) is 17.3. The quantitative estimate of drug-likeness (QED) is 0.708. The molecule has 0 bridgehead atoms. The van der Waals surface area contributed by atoms with Gasteiger partial charge in [-0.25, -0.2) is 0 Å². The van der Waals surface area contributed by atoms with Crippen LogP contribution in [0.5, 0.6) is 0 Å². The second-order valence-corrected chi connectivity index (χ2v) is 4.32. The third-order valence-electron chi connectivity index (χ3n) is 3.05. The maximum Gasteiger partial charge on any atom is 0.168 e. The van der Waals surface area contributed by atoms with E-state index < -0.39 is 0 Å². The van der Waals surface area contributed by atoms with Crippen molar-refractivity contribution in [1.82, 2.24) is 9.88 Å². The lowest BCUT2D eigenvalue weighted by Crippen LogP contribution is -2.20. The molecule has 16 heavy (non-hydrogen) atoms. The average molecular weight is 218 g/mol. The largest absolute Gasteiger partial charge is 0.303 e. The molecule has 1 aromatic heterocycles. The lowest BCUT2D eigenvalue weighted by atomic mass is 10.2. The van der Waals surface area contributed by atoms with Crippen molar-refractivity contribution in [3.8, 4) is 0 Å². The summed E-state index contributed by atoms with van der Waals surface area (Å²) < 4.78 is 0. The Morgan fingerprint density at radius 2 is 2.12 bits per heavy atom. The van der Waals surface area contributed by atoms with Crippen LogP contribution in [0.4, 0.5) is 0 Å². The number of hydrogen-bond acceptors (Lipinski definition) is 3. The van der Waals surface area contributed by atoms with Crippen molar-refractivity contribution in [2.45, 2.75) is 25.7 Å². The topological polar surface area (TPSA) is 33.2 Å². The highest BCUT2D eigenvalue weighted by molar-refractivity contribution is 5.71. The molecule has 0 aromatic carbocycles. The Kier molecular flexibility index (Phi) is 4.05. The number of pyridine rings is 1. The van der Waals surface area contributed by atoms with Crippen LogP contribution < -0.4 is 0 Å². The third kappa shape index (κ3) is 3.14. The van der Waals surface area contributed by atoms with E-state index in [1.165, 1.54) is 25.9 Å². The fraction of sp³-hybridized carbons (Fsp3) is 0.538. The van der Waals surface area contributed by atoms with Crippen LogP contribution in [-0.4, -0.2) is 35.8 Å². The number of aromatic nitrogens is 1. The maximum absolute atomic E-state index is 10.6. The van der Waals surface area contributed by atoms with E-state index in [-0.39, 0.29) is 0 Å². The lowest BCUT2D eigenvalue weighted by Gasteiger charge is -2.13. The second kappa shape index (κ2) is 5.75. The molecule has 0 spiro atoms. The molecule has 1 saturated heterocycles. The molecule has 1 aromatic rings. The minimum atomic E-state index is 0.540. The third-order valence-corrected chi connectivity index (χ3v) is 3.05. The number of hydrogen-bond donors (Lipinski definition) is 0. The van der Waals surface area contributed by atoms with Crippen LogP contribution in [-0.2, 0) is 6.42 Å². The van der Waals surface area contributed by atoms with Crippen LogP contribution in [0.3, 0.4) is 0 Å². The Labute approximate surface area is 96.5 Å².